The zero-order chi connectivity index (χ0) is 9.42. The molecule has 1 nitrogen and oxygen atoms in total. The number of aryl methyl sites for hydroxylation is 1. The Morgan fingerprint density at radius 3 is 2.85 bits per heavy atom. The minimum Gasteiger partial charge on any atom is -0.391 e. The van der Waals surface area contributed by atoms with Crippen LogP contribution in [0.2, 0.25) is 0 Å². The van der Waals surface area contributed by atoms with Gasteiger partial charge in [0.1, 0.15) is 0 Å². The minimum absolute atomic E-state index is 0.150. The lowest BCUT2D eigenvalue weighted by atomic mass is 10.1. The fraction of sp³-hybridized carbons (Fsp3) is 0.200. The van der Waals surface area contributed by atoms with E-state index in [0.29, 0.717) is 0 Å². The second-order valence-corrected chi connectivity index (χ2v) is 5.16. The molecule has 68 valence electrons. The number of aliphatic hydroxyl groups is 1. The first-order valence-electron chi connectivity index (χ1n) is 4.01. The highest BCUT2D eigenvalue weighted by molar-refractivity contribution is 14.1. The standard InChI is InChI=1S/C10H9IOS/c1-6-3-2-4-7-9(6)10(11)8(5-12)13-7/h2-4,12H,5H2,1H3. The van der Waals surface area contributed by atoms with E-state index in [1.54, 1.807) is 11.3 Å². The van der Waals surface area contributed by atoms with Crippen molar-refractivity contribution in [3.05, 3.63) is 32.2 Å². The monoisotopic (exact) mass is 304 g/mol. The Bertz CT molecular complexity index is 447. The Labute approximate surface area is 94.5 Å². The summed E-state index contributed by atoms with van der Waals surface area (Å²) >= 11 is 3.99. The number of hydrogen-bond donors (Lipinski definition) is 1. The highest BCUT2D eigenvalue weighted by atomic mass is 127. The van der Waals surface area contributed by atoms with Crippen molar-refractivity contribution in [2.24, 2.45) is 0 Å². The Hall–Kier alpha value is -0.130. The highest BCUT2D eigenvalue weighted by Gasteiger charge is 2.09. The van der Waals surface area contributed by atoms with Gasteiger partial charge in [-0.1, -0.05) is 12.1 Å². The summed E-state index contributed by atoms with van der Waals surface area (Å²) < 4.78 is 2.48. The molecular weight excluding hydrogens is 295 g/mol. The van der Waals surface area contributed by atoms with Crippen LogP contribution in [0.1, 0.15) is 10.4 Å². The molecule has 0 amide bonds. The lowest BCUT2D eigenvalue weighted by molar-refractivity contribution is 0.285. The lowest BCUT2D eigenvalue weighted by Gasteiger charge is -1.95. The zero-order valence-electron chi connectivity index (χ0n) is 7.17. The van der Waals surface area contributed by atoms with Crippen LogP contribution in [0.3, 0.4) is 0 Å². The normalized spacial score (nSPS) is 11.0. The van der Waals surface area contributed by atoms with Crippen molar-refractivity contribution in [1.82, 2.24) is 0 Å². The van der Waals surface area contributed by atoms with E-state index in [1.165, 1.54) is 19.2 Å². The molecule has 0 spiro atoms. The van der Waals surface area contributed by atoms with Gasteiger partial charge in [-0.3, -0.25) is 0 Å². The first-order valence-corrected chi connectivity index (χ1v) is 5.91. The summed E-state index contributed by atoms with van der Waals surface area (Å²) in [5, 5.41) is 10.4. The first-order chi connectivity index (χ1) is 6.24. The molecule has 0 saturated heterocycles. The van der Waals surface area contributed by atoms with E-state index in [4.69, 9.17) is 5.11 Å². The van der Waals surface area contributed by atoms with Crippen LogP contribution >= 0.6 is 33.9 Å². The van der Waals surface area contributed by atoms with E-state index in [0.717, 1.165) is 4.88 Å². The Kier molecular flexibility index (Phi) is 2.58. The molecule has 0 aliphatic heterocycles. The number of thiophene rings is 1. The summed E-state index contributed by atoms with van der Waals surface area (Å²) in [6.07, 6.45) is 0. The average molecular weight is 304 g/mol. The molecule has 0 unspecified atom stereocenters. The van der Waals surface area contributed by atoms with E-state index >= 15 is 0 Å². The number of fused-ring (bicyclic) bond motifs is 1. The van der Waals surface area contributed by atoms with E-state index in [2.05, 4.69) is 47.7 Å². The molecule has 13 heavy (non-hydrogen) atoms. The molecular formula is C10H9IOS. The van der Waals surface area contributed by atoms with Crippen molar-refractivity contribution in [3.63, 3.8) is 0 Å². The van der Waals surface area contributed by atoms with Crippen molar-refractivity contribution in [2.45, 2.75) is 13.5 Å². The lowest BCUT2D eigenvalue weighted by Crippen LogP contribution is -1.80. The third-order valence-corrected chi connectivity index (χ3v) is 4.77. The predicted octanol–water partition coefficient (Wildman–Crippen LogP) is 3.31. The molecule has 1 aromatic heterocycles. The van der Waals surface area contributed by atoms with Gasteiger partial charge < -0.3 is 5.11 Å². The van der Waals surface area contributed by atoms with Gasteiger partial charge in [0.05, 0.1) is 6.61 Å². The molecule has 0 bridgehead atoms. The molecule has 0 atom stereocenters. The van der Waals surface area contributed by atoms with Gasteiger partial charge in [-0.2, -0.15) is 0 Å². The van der Waals surface area contributed by atoms with E-state index in [-0.39, 0.29) is 6.61 Å². The Balaban J connectivity index is 2.85. The van der Waals surface area contributed by atoms with E-state index in [9.17, 15) is 0 Å². The van der Waals surface area contributed by atoms with Crippen LogP contribution in [0, 0.1) is 10.5 Å². The molecule has 0 fully saturated rings. The van der Waals surface area contributed by atoms with Crippen LogP contribution in [0.5, 0.6) is 0 Å². The van der Waals surface area contributed by atoms with Gasteiger partial charge in [0, 0.05) is 18.5 Å². The largest absolute Gasteiger partial charge is 0.391 e. The maximum atomic E-state index is 9.12. The SMILES string of the molecule is Cc1cccc2sc(CO)c(I)c12. The topological polar surface area (TPSA) is 20.2 Å². The summed E-state index contributed by atoms with van der Waals surface area (Å²) in [5.74, 6) is 0. The maximum Gasteiger partial charge on any atom is 0.0785 e. The van der Waals surface area contributed by atoms with E-state index in [1.807, 2.05) is 0 Å². The first kappa shape index (κ1) is 9.43. The summed E-state index contributed by atoms with van der Waals surface area (Å²) in [6, 6.07) is 6.28. The smallest absolute Gasteiger partial charge is 0.0785 e. The van der Waals surface area contributed by atoms with Gasteiger partial charge >= 0.3 is 0 Å². The molecule has 0 saturated carbocycles. The number of benzene rings is 1. The molecule has 0 radical (unpaired) electrons. The molecule has 0 aliphatic carbocycles. The molecule has 1 N–H and O–H groups in total. The summed E-state index contributed by atoms with van der Waals surface area (Å²) in [7, 11) is 0. The van der Waals surface area contributed by atoms with Crippen LogP contribution in [0.25, 0.3) is 10.1 Å². The van der Waals surface area contributed by atoms with Crippen LogP contribution in [-0.4, -0.2) is 5.11 Å². The zero-order valence-corrected chi connectivity index (χ0v) is 10.1. The number of rotatable bonds is 1. The highest BCUT2D eigenvalue weighted by Crippen LogP contribution is 2.34. The fourth-order valence-electron chi connectivity index (χ4n) is 1.43. The minimum atomic E-state index is 0.150. The van der Waals surface area contributed by atoms with Crippen molar-refractivity contribution in [2.75, 3.05) is 0 Å². The van der Waals surface area contributed by atoms with Crippen molar-refractivity contribution < 1.29 is 5.11 Å². The summed E-state index contributed by atoms with van der Waals surface area (Å²) in [5.41, 5.74) is 1.29. The molecule has 1 heterocycles. The Morgan fingerprint density at radius 2 is 2.23 bits per heavy atom. The molecule has 0 aliphatic rings. The van der Waals surface area contributed by atoms with Gasteiger partial charge in [-0.25, -0.2) is 0 Å². The quantitative estimate of drug-likeness (QED) is 0.802. The number of halogens is 1. The van der Waals surface area contributed by atoms with Gasteiger partial charge in [0.25, 0.3) is 0 Å². The number of aliphatic hydroxyl groups excluding tert-OH is 1. The Morgan fingerprint density at radius 1 is 1.46 bits per heavy atom. The molecule has 2 aromatic rings. The van der Waals surface area contributed by atoms with Crippen LogP contribution in [0.15, 0.2) is 18.2 Å². The van der Waals surface area contributed by atoms with Gasteiger partial charge in [-0.05, 0) is 41.1 Å². The van der Waals surface area contributed by atoms with Crippen molar-refractivity contribution in [1.29, 1.82) is 0 Å². The van der Waals surface area contributed by atoms with Gasteiger partial charge in [-0.15, -0.1) is 11.3 Å². The third-order valence-electron chi connectivity index (χ3n) is 2.08. The molecule has 1 aromatic carbocycles. The van der Waals surface area contributed by atoms with Crippen LogP contribution in [0.4, 0.5) is 0 Å². The van der Waals surface area contributed by atoms with Gasteiger partial charge in [0.2, 0.25) is 0 Å². The van der Waals surface area contributed by atoms with Crippen LogP contribution in [-0.2, 0) is 6.61 Å². The second kappa shape index (κ2) is 3.55. The summed E-state index contributed by atoms with van der Waals surface area (Å²) in [6.45, 7) is 2.26. The molecule has 2 rings (SSSR count). The van der Waals surface area contributed by atoms with Crippen molar-refractivity contribution >= 4 is 44.0 Å². The predicted molar refractivity (Wildman–Crippen MR) is 65.2 cm³/mol. The van der Waals surface area contributed by atoms with Gasteiger partial charge in [0.15, 0.2) is 0 Å². The van der Waals surface area contributed by atoms with Crippen LogP contribution < -0.4 is 0 Å². The van der Waals surface area contributed by atoms with E-state index < -0.39 is 0 Å². The fourth-order valence-corrected chi connectivity index (χ4v) is 3.86. The third kappa shape index (κ3) is 1.49. The average Bonchev–Trinajstić information content (AvgIpc) is 2.44. The second-order valence-electron chi connectivity index (χ2n) is 2.95. The van der Waals surface area contributed by atoms with Crippen molar-refractivity contribution in [3.8, 4) is 0 Å². The maximum absolute atomic E-state index is 9.12. The summed E-state index contributed by atoms with van der Waals surface area (Å²) in [4.78, 5) is 1.07. The molecule has 3 heteroatoms. The number of hydrogen-bond acceptors (Lipinski definition) is 2.